The lowest BCUT2D eigenvalue weighted by atomic mass is 10.1. The number of carbonyl (C=O) groups excluding carboxylic acids is 2. The number of aromatic nitrogens is 1. The van der Waals surface area contributed by atoms with Crippen molar-refractivity contribution < 1.29 is 32.6 Å². The molecule has 1 aliphatic heterocycles. The second-order valence-corrected chi connectivity index (χ2v) is 8.44. The van der Waals surface area contributed by atoms with Gasteiger partial charge in [0, 0.05) is 24.9 Å². The summed E-state index contributed by atoms with van der Waals surface area (Å²) in [6.07, 6.45) is 0.999. The van der Waals surface area contributed by atoms with Gasteiger partial charge in [0.05, 0.1) is 25.4 Å². The van der Waals surface area contributed by atoms with Gasteiger partial charge in [-0.25, -0.2) is 13.6 Å². The molecule has 11 heteroatoms. The molecule has 8 nitrogen and oxygen atoms in total. The van der Waals surface area contributed by atoms with Crippen LogP contribution in [0, 0.1) is 11.6 Å². The highest BCUT2D eigenvalue weighted by atomic mass is 35.5. The number of benzene rings is 1. The number of ether oxygens (including phenoxy) is 3. The maximum atomic E-state index is 14.2. The third kappa shape index (κ3) is 5.07. The van der Waals surface area contributed by atoms with Gasteiger partial charge < -0.3 is 24.1 Å². The van der Waals surface area contributed by atoms with Crippen LogP contribution < -0.4 is 15.5 Å². The molecule has 1 aliphatic rings. The average Bonchev–Trinajstić information content (AvgIpc) is 3.21. The molecule has 2 atom stereocenters. The molecule has 1 saturated heterocycles. The largest absolute Gasteiger partial charge is 0.491 e. The zero-order chi connectivity index (χ0) is 25.2. The van der Waals surface area contributed by atoms with E-state index in [0.717, 1.165) is 12.1 Å². The van der Waals surface area contributed by atoms with Crippen molar-refractivity contribution in [2.75, 3.05) is 13.7 Å². The van der Waals surface area contributed by atoms with Crippen LogP contribution in [0.4, 0.5) is 8.78 Å². The van der Waals surface area contributed by atoms with Gasteiger partial charge in [-0.1, -0.05) is 17.7 Å². The third-order valence-electron chi connectivity index (χ3n) is 5.43. The summed E-state index contributed by atoms with van der Waals surface area (Å²) in [5.41, 5.74) is -1.36. The van der Waals surface area contributed by atoms with E-state index in [-0.39, 0.29) is 41.3 Å². The summed E-state index contributed by atoms with van der Waals surface area (Å²) in [5, 5.41) is 1.73. The third-order valence-corrected chi connectivity index (χ3v) is 5.77. The molecule has 0 spiro atoms. The van der Waals surface area contributed by atoms with E-state index < -0.39 is 40.1 Å². The molecule has 1 aromatic carbocycles. The predicted molar refractivity (Wildman–Crippen MR) is 119 cm³/mol. The summed E-state index contributed by atoms with van der Waals surface area (Å²) in [7, 11) is 1.21. The fourth-order valence-electron chi connectivity index (χ4n) is 3.75. The molecule has 3 rings (SSSR count). The molecular formula is C23H25ClF2N2O6. The standard InChI is InChI=1S/C23H25ClF2N2O6/c1-11(2)34-23(31)19-21(32-4)20(29)14(10-28(19)16-7-8-33-12(16)3)22(30)27-9-13-5-6-15(25)17(24)18(13)26/h5-6,10-12,16H,7-9H2,1-4H3,(H,27,30)/t12?,16-/m1/s1. The number of nitrogens with zero attached hydrogens (tertiary/aromatic N) is 1. The first-order valence-corrected chi connectivity index (χ1v) is 11.0. The minimum atomic E-state index is -1.01. The van der Waals surface area contributed by atoms with Crippen LogP contribution in [0.3, 0.4) is 0 Å². The number of rotatable bonds is 7. The van der Waals surface area contributed by atoms with Gasteiger partial charge in [-0.15, -0.1) is 0 Å². The maximum absolute atomic E-state index is 14.2. The normalized spacial score (nSPS) is 17.6. The van der Waals surface area contributed by atoms with E-state index in [0.29, 0.717) is 13.0 Å². The number of esters is 1. The summed E-state index contributed by atoms with van der Waals surface area (Å²) in [4.78, 5) is 38.9. The van der Waals surface area contributed by atoms with Crippen LogP contribution >= 0.6 is 11.6 Å². The van der Waals surface area contributed by atoms with Crippen molar-refractivity contribution in [3.63, 3.8) is 0 Å². The van der Waals surface area contributed by atoms with Crippen molar-refractivity contribution in [1.82, 2.24) is 9.88 Å². The Balaban J connectivity index is 2.04. The van der Waals surface area contributed by atoms with Crippen molar-refractivity contribution in [3.05, 3.63) is 62.0 Å². The smallest absolute Gasteiger partial charge is 0.359 e. The summed E-state index contributed by atoms with van der Waals surface area (Å²) in [6, 6.07) is 1.74. The molecule has 1 amide bonds. The molecule has 1 unspecified atom stereocenters. The fourth-order valence-corrected chi connectivity index (χ4v) is 3.93. The molecule has 1 aromatic heterocycles. The fraction of sp³-hybridized carbons (Fsp3) is 0.435. The van der Waals surface area contributed by atoms with Gasteiger partial charge in [0.2, 0.25) is 5.43 Å². The number of carbonyl (C=O) groups is 2. The van der Waals surface area contributed by atoms with Gasteiger partial charge in [-0.3, -0.25) is 9.59 Å². The molecule has 34 heavy (non-hydrogen) atoms. The van der Waals surface area contributed by atoms with E-state index in [4.69, 9.17) is 25.8 Å². The Kier molecular flexibility index (Phi) is 7.93. The summed E-state index contributed by atoms with van der Waals surface area (Å²) in [5.74, 6) is -3.92. The molecule has 0 radical (unpaired) electrons. The molecule has 0 bridgehead atoms. The Labute approximate surface area is 199 Å². The molecular weight excluding hydrogens is 474 g/mol. The first-order valence-electron chi connectivity index (χ1n) is 10.6. The van der Waals surface area contributed by atoms with Gasteiger partial charge >= 0.3 is 5.97 Å². The van der Waals surface area contributed by atoms with Crippen LogP contribution in [-0.4, -0.2) is 42.4 Å². The highest BCUT2D eigenvalue weighted by molar-refractivity contribution is 6.30. The van der Waals surface area contributed by atoms with E-state index in [9.17, 15) is 23.2 Å². The lowest BCUT2D eigenvalue weighted by Crippen LogP contribution is -2.34. The van der Waals surface area contributed by atoms with Gasteiger partial charge in [-0.05, 0) is 33.3 Å². The van der Waals surface area contributed by atoms with Crippen molar-refractivity contribution >= 4 is 23.5 Å². The highest BCUT2D eigenvalue weighted by Gasteiger charge is 2.34. The zero-order valence-corrected chi connectivity index (χ0v) is 19.9. The quantitative estimate of drug-likeness (QED) is 0.462. The van der Waals surface area contributed by atoms with E-state index in [1.54, 1.807) is 20.8 Å². The van der Waals surface area contributed by atoms with E-state index in [1.807, 2.05) is 0 Å². The summed E-state index contributed by atoms with van der Waals surface area (Å²) in [6.45, 7) is 5.20. The topological polar surface area (TPSA) is 95.9 Å². The minimum Gasteiger partial charge on any atom is -0.491 e. The Morgan fingerprint density at radius 3 is 2.62 bits per heavy atom. The van der Waals surface area contributed by atoms with Crippen molar-refractivity contribution in [3.8, 4) is 5.75 Å². The predicted octanol–water partition coefficient (Wildman–Crippen LogP) is 3.63. The Morgan fingerprint density at radius 2 is 2.03 bits per heavy atom. The van der Waals surface area contributed by atoms with Crippen LogP contribution in [-0.2, 0) is 16.0 Å². The molecule has 2 aromatic rings. The van der Waals surface area contributed by atoms with Crippen molar-refractivity contribution in [2.24, 2.45) is 0 Å². The van der Waals surface area contributed by atoms with E-state index in [2.05, 4.69) is 5.32 Å². The van der Waals surface area contributed by atoms with Crippen LogP contribution in [0.25, 0.3) is 0 Å². The van der Waals surface area contributed by atoms with Crippen LogP contribution in [0.5, 0.6) is 5.75 Å². The van der Waals surface area contributed by atoms with Crippen molar-refractivity contribution in [1.29, 1.82) is 0 Å². The molecule has 2 heterocycles. The number of pyridine rings is 1. The van der Waals surface area contributed by atoms with Gasteiger partial charge in [-0.2, -0.15) is 0 Å². The molecule has 1 N–H and O–H groups in total. The lowest BCUT2D eigenvalue weighted by molar-refractivity contribution is 0.0351. The monoisotopic (exact) mass is 498 g/mol. The Morgan fingerprint density at radius 1 is 1.32 bits per heavy atom. The van der Waals surface area contributed by atoms with Crippen LogP contribution in [0.15, 0.2) is 23.1 Å². The van der Waals surface area contributed by atoms with Crippen LogP contribution in [0.2, 0.25) is 5.02 Å². The SMILES string of the molecule is COc1c(C(=O)OC(C)C)n([C@@H]2CCOC2C)cc(C(=O)NCc2ccc(F)c(Cl)c2F)c1=O. The summed E-state index contributed by atoms with van der Waals surface area (Å²) >= 11 is 5.58. The number of nitrogens with one attached hydrogen (secondary N) is 1. The van der Waals surface area contributed by atoms with E-state index in [1.165, 1.54) is 17.9 Å². The number of halogens is 3. The number of hydrogen-bond acceptors (Lipinski definition) is 6. The Bertz CT molecular complexity index is 1170. The first kappa shape index (κ1) is 25.6. The molecule has 0 saturated carbocycles. The zero-order valence-electron chi connectivity index (χ0n) is 19.1. The second kappa shape index (κ2) is 10.5. The number of amides is 1. The second-order valence-electron chi connectivity index (χ2n) is 8.06. The van der Waals surface area contributed by atoms with Crippen LogP contribution in [0.1, 0.15) is 59.6 Å². The van der Waals surface area contributed by atoms with E-state index >= 15 is 0 Å². The van der Waals surface area contributed by atoms with Crippen molar-refractivity contribution in [2.45, 2.75) is 52.0 Å². The number of methoxy groups -OCH3 is 1. The molecule has 1 fully saturated rings. The Hall–Kier alpha value is -2.98. The van der Waals surface area contributed by atoms with Gasteiger partial charge in [0.25, 0.3) is 5.91 Å². The number of hydrogen-bond donors (Lipinski definition) is 1. The van der Waals surface area contributed by atoms with Gasteiger partial charge in [0.1, 0.15) is 22.2 Å². The first-order chi connectivity index (χ1) is 16.1. The molecule has 0 aliphatic carbocycles. The molecule has 184 valence electrons. The highest BCUT2D eigenvalue weighted by Crippen LogP contribution is 2.30. The minimum absolute atomic E-state index is 0.0676. The van der Waals surface area contributed by atoms with Gasteiger partial charge in [0.15, 0.2) is 11.4 Å². The summed E-state index contributed by atoms with van der Waals surface area (Å²) < 4.78 is 45.2. The maximum Gasteiger partial charge on any atom is 0.359 e. The average molecular weight is 499 g/mol. The lowest BCUT2D eigenvalue weighted by Gasteiger charge is -2.24.